The number of hydrogen-bond acceptors (Lipinski definition) is 9. The van der Waals surface area contributed by atoms with Gasteiger partial charge in [0.05, 0.1) is 39.2 Å². The highest BCUT2D eigenvalue weighted by Gasteiger charge is 2.33. The summed E-state index contributed by atoms with van der Waals surface area (Å²) in [4.78, 5) is 39.4. The van der Waals surface area contributed by atoms with Crippen molar-refractivity contribution in [2.24, 2.45) is 5.41 Å². The summed E-state index contributed by atoms with van der Waals surface area (Å²) in [5.41, 5.74) is 0.500. The minimum atomic E-state index is -0.890. The van der Waals surface area contributed by atoms with E-state index in [1.54, 1.807) is 109 Å². The van der Waals surface area contributed by atoms with Crippen molar-refractivity contribution in [3.05, 3.63) is 162 Å². The van der Waals surface area contributed by atoms with Gasteiger partial charge in [-0.15, -0.1) is 0 Å². The van der Waals surface area contributed by atoms with Crippen LogP contribution in [0.1, 0.15) is 44.4 Å². The molecule has 6 N–H and O–H groups in total. The maximum Gasteiger partial charge on any atom is 0.259 e. The summed E-state index contributed by atoms with van der Waals surface area (Å²) >= 11 is 0. The number of benzene rings is 6. The van der Waals surface area contributed by atoms with Crippen LogP contribution in [0.3, 0.4) is 0 Å². The van der Waals surface area contributed by atoms with E-state index in [-0.39, 0.29) is 53.8 Å². The molecule has 6 aromatic rings. The lowest BCUT2D eigenvalue weighted by molar-refractivity contribution is 0.0300. The van der Waals surface area contributed by atoms with E-state index in [0.717, 1.165) is 0 Å². The van der Waals surface area contributed by atoms with Crippen LogP contribution in [0.4, 0.5) is 17.1 Å². The first-order valence-electron chi connectivity index (χ1n) is 18.1. The number of phenols is 3. The Labute approximate surface area is 329 Å². The van der Waals surface area contributed by atoms with Crippen molar-refractivity contribution in [1.29, 1.82) is 0 Å². The first-order valence-corrected chi connectivity index (χ1v) is 18.1. The largest absolute Gasteiger partial charge is 0.507 e. The smallest absolute Gasteiger partial charge is 0.259 e. The van der Waals surface area contributed by atoms with Crippen LogP contribution in [0.2, 0.25) is 0 Å². The average molecular weight is 768 g/mol. The Bertz CT molecular complexity index is 2110. The van der Waals surface area contributed by atoms with Crippen LogP contribution < -0.4 is 30.2 Å². The van der Waals surface area contributed by atoms with Gasteiger partial charge in [-0.05, 0) is 79.2 Å². The molecule has 0 bridgehead atoms. The van der Waals surface area contributed by atoms with Crippen LogP contribution in [-0.4, -0.2) is 52.9 Å². The second-order valence-corrected chi connectivity index (χ2v) is 13.1. The molecule has 12 heteroatoms. The van der Waals surface area contributed by atoms with Gasteiger partial charge in [-0.25, -0.2) is 0 Å². The van der Waals surface area contributed by atoms with Gasteiger partial charge in [0.25, 0.3) is 17.7 Å². The zero-order valence-electron chi connectivity index (χ0n) is 31.0. The fourth-order valence-electron chi connectivity index (χ4n) is 5.78. The molecule has 0 radical (unpaired) electrons. The summed E-state index contributed by atoms with van der Waals surface area (Å²) in [7, 11) is 0. The highest BCUT2D eigenvalue weighted by Crippen LogP contribution is 2.35. The third kappa shape index (κ3) is 9.80. The monoisotopic (exact) mass is 767 g/mol. The Morgan fingerprint density at radius 3 is 0.982 bits per heavy atom. The number of nitrogens with one attached hydrogen (secondary N) is 3. The Hall–Kier alpha value is -7.47. The van der Waals surface area contributed by atoms with E-state index in [4.69, 9.17) is 14.2 Å². The van der Waals surface area contributed by atoms with E-state index < -0.39 is 23.1 Å². The lowest BCUT2D eigenvalue weighted by Crippen LogP contribution is -2.40. The Morgan fingerprint density at radius 1 is 0.439 bits per heavy atom. The van der Waals surface area contributed by atoms with E-state index in [2.05, 4.69) is 16.0 Å². The maximum absolute atomic E-state index is 13.1. The predicted molar refractivity (Wildman–Crippen MR) is 217 cm³/mol. The molecule has 0 aromatic heterocycles. The van der Waals surface area contributed by atoms with E-state index >= 15 is 0 Å². The van der Waals surface area contributed by atoms with Crippen molar-refractivity contribution in [2.45, 2.75) is 13.3 Å². The molecule has 0 heterocycles. The van der Waals surface area contributed by atoms with Crippen LogP contribution in [0.15, 0.2) is 146 Å². The maximum atomic E-state index is 13.1. The second-order valence-electron chi connectivity index (χ2n) is 13.1. The van der Waals surface area contributed by atoms with Crippen LogP contribution in [-0.2, 0) is 0 Å². The number of ether oxygens (including phenoxy) is 3. The Balaban J connectivity index is 1.26. The average Bonchev–Trinajstić information content (AvgIpc) is 3.22. The summed E-state index contributed by atoms with van der Waals surface area (Å²) in [6.45, 7) is 2.00. The number of phenolic OH excluding ortho intramolecular Hbond substituents is 3. The SMILES string of the molecule is CCC(COc1ccccc1NC(=O)c1ccccc1O)(COc1ccccc1NC(=O)c1ccccc1O)COc1ccccc1NC(=O)c1ccccc1O. The van der Waals surface area contributed by atoms with Crippen molar-refractivity contribution in [1.82, 2.24) is 0 Å². The van der Waals surface area contributed by atoms with Crippen molar-refractivity contribution in [2.75, 3.05) is 35.8 Å². The number of aromatic hydroxyl groups is 3. The van der Waals surface area contributed by atoms with Gasteiger partial charge < -0.3 is 45.5 Å². The number of amides is 3. The van der Waals surface area contributed by atoms with Gasteiger partial charge in [0.2, 0.25) is 0 Å². The van der Waals surface area contributed by atoms with Gasteiger partial charge in [-0.1, -0.05) is 79.7 Å². The molecular formula is C45H41N3O9. The van der Waals surface area contributed by atoms with Gasteiger partial charge in [0.15, 0.2) is 0 Å². The number of rotatable bonds is 16. The Morgan fingerprint density at radius 2 is 0.702 bits per heavy atom. The summed E-state index contributed by atoms with van der Waals surface area (Å²) in [5.74, 6) is -1.02. The summed E-state index contributed by atoms with van der Waals surface area (Å²) in [6, 6.07) is 39.3. The normalized spacial score (nSPS) is 10.9. The van der Waals surface area contributed by atoms with E-state index in [0.29, 0.717) is 40.7 Å². The molecule has 3 amide bonds. The fourth-order valence-corrected chi connectivity index (χ4v) is 5.78. The molecule has 57 heavy (non-hydrogen) atoms. The molecule has 0 saturated carbocycles. The van der Waals surface area contributed by atoms with Gasteiger partial charge in [0, 0.05) is 0 Å². The molecule has 0 unspecified atom stereocenters. The molecule has 0 spiro atoms. The third-order valence-corrected chi connectivity index (χ3v) is 9.20. The van der Waals surface area contributed by atoms with E-state index in [1.165, 1.54) is 36.4 Å². The fraction of sp³-hybridized carbons (Fsp3) is 0.133. The molecule has 12 nitrogen and oxygen atoms in total. The molecule has 6 rings (SSSR count). The summed E-state index contributed by atoms with van der Waals surface area (Å²) in [5, 5.41) is 39.3. The van der Waals surface area contributed by atoms with Gasteiger partial charge in [-0.2, -0.15) is 0 Å². The number of anilines is 3. The number of para-hydroxylation sites is 9. The van der Waals surface area contributed by atoms with Crippen LogP contribution in [0, 0.1) is 5.41 Å². The van der Waals surface area contributed by atoms with E-state index in [9.17, 15) is 29.7 Å². The van der Waals surface area contributed by atoms with Crippen LogP contribution >= 0.6 is 0 Å². The zero-order valence-corrected chi connectivity index (χ0v) is 31.0. The molecule has 0 aliphatic carbocycles. The molecule has 0 aliphatic heterocycles. The highest BCUT2D eigenvalue weighted by atomic mass is 16.5. The second kappa shape index (κ2) is 18.2. The number of hydrogen-bond donors (Lipinski definition) is 6. The van der Waals surface area contributed by atoms with Crippen molar-refractivity contribution >= 4 is 34.8 Å². The zero-order chi connectivity index (χ0) is 40.2. The molecule has 0 atom stereocenters. The lowest BCUT2D eigenvalue weighted by atomic mass is 9.87. The molecule has 0 aliphatic rings. The highest BCUT2D eigenvalue weighted by molar-refractivity contribution is 6.08. The molecule has 6 aromatic carbocycles. The van der Waals surface area contributed by atoms with Crippen molar-refractivity contribution in [3.63, 3.8) is 0 Å². The van der Waals surface area contributed by atoms with E-state index in [1.807, 2.05) is 6.92 Å². The number of carbonyl (C=O) groups is 3. The van der Waals surface area contributed by atoms with Crippen molar-refractivity contribution < 1.29 is 43.9 Å². The number of carbonyl (C=O) groups excluding carboxylic acids is 3. The first kappa shape index (κ1) is 39.2. The molecule has 290 valence electrons. The van der Waals surface area contributed by atoms with Crippen LogP contribution in [0.5, 0.6) is 34.5 Å². The quantitative estimate of drug-likeness (QED) is 0.0564. The standard InChI is InChI=1S/C45H41N3O9/c1-2-45(27-55-39-24-12-6-18-33(39)46-42(52)30-15-3-9-21-36(30)49,28-56-40-25-13-7-19-34(40)47-43(53)31-16-4-10-22-37(31)50)29-57-41-26-14-8-20-35(41)48-44(54)32-17-5-11-23-38(32)51/h3-26,49-51H,2,27-29H2,1H3,(H,46,52)(H,47,53)(H,48,54). The Kier molecular flexibility index (Phi) is 12.6. The summed E-state index contributed by atoms with van der Waals surface area (Å²) < 4.78 is 19.3. The van der Waals surface area contributed by atoms with Crippen molar-refractivity contribution in [3.8, 4) is 34.5 Å². The molecular weight excluding hydrogens is 727 g/mol. The van der Waals surface area contributed by atoms with Gasteiger partial charge in [-0.3, -0.25) is 14.4 Å². The van der Waals surface area contributed by atoms with Crippen LogP contribution in [0.25, 0.3) is 0 Å². The first-order chi connectivity index (χ1) is 27.7. The summed E-state index contributed by atoms with van der Waals surface area (Å²) in [6.07, 6.45) is 0.457. The van der Waals surface area contributed by atoms with Gasteiger partial charge in [0.1, 0.15) is 54.3 Å². The predicted octanol–water partition coefficient (Wildman–Crippen LogP) is 8.49. The van der Waals surface area contributed by atoms with Gasteiger partial charge >= 0.3 is 0 Å². The molecule has 0 fully saturated rings. The minimum absolute atomic E-state index is 0.0196. The minimum Gasteiger partial charge on any atom is -0.507 e. The lowest BCUT2D eigenvalue weighted by Gasteiger charge is -2.33. The third-order valence-electron chi connectivity index (χ3n) is 9.20. The molecule has 0 saturated heterocycles. The topological polar surface area (TPSA) is 176 Å².